The number of hydrogen-bond acceptors (Lipinski definition) is 4. The first kappa shape index (κ1) is 24.0. The van der Waals surface area contributed by atoms with E-state index in [4.69, 9.17) is 9.47 Å². The Morgan fingerprint density at radius 1 is 1.17 bits per heavy atom. The maximum atomic E-state index is 12.1. The maximum Gasteiger partial charge on any atom is 0.221 e. The molecular weight excluding hydrogens is 380 g/mol. The molecule has 7 heteroatoms. The van der Waals surface area contributed by atoms with Gasteiger partial charge in [-0.15, -0.1) is 0 Å². The molecule has 2 rings (SSSR count). The summed E-state index contributed by atoms with van der Waals surface area (Å²) < 4.78 is 11.2. The van der Waals surface area contributed by atoms with Gasteiger partial charge in [-0.25, -0.2) is 0 Å². The van der Waals surface area contributed by atoms with Gasteiger partial charge in [0.15, 0.2) is 5.96 Å². The summed E-state index contributed by atoms with van der Waals surface area (Å²) in [7, 11) is 1.73. The number of carbonyl (C=O) groups is 1. The Hall–Kier alpha value is -2.28. The van der Waals surface area contributed by atoms with Crippen molar-refractivity contribution in [3.63, 3.8) is 0 Å². The number of guanidine groups is 1. The Bertz CT molecular complexity index is 672. The minimum atomic E-state index is 0.105. The van der Waals surface area contributed by atoms with Crippen LogP contribution in [-0.4, -0.2) is 51.3 Å². The average Bonchev–Trinajstić information content (AvgIpc) is 2.75. The number of carbonyl (C=O) groups excluding carboxylic acids is 1. The summed E-state index contributed by atoms with van der Waals surface area (Å²) in [5.41, 5.74) is 2.20. The standard InChI is InChI=1S/C23H38N4O3/c1-4-29-14-15-30-21-16-18(2)10-11-19(21)17-26-23(24-3)25-13-12-22(28)27-20-8-6-5-7-9-20/h10-11,16,20H,4-9,12-15,17H2,1-3H3,(H,27,28)(H2,24,25,26). The van der Waals surface area contributed by atoms with Crippen LogP contribution in [0.3, 0.4) is 0 Å². The second kappa shape index (κ2) is 13.9. The number of ether oxygens (including phenoxy) is 2. The van der Waals surface area contributed by atoms with Crippen LogP contribution in [0.1, 0.15) is 56.6 Å². The monoisotopic (exact) mass is 418 g/mol. The van der Waals surface area contributed by atoms with Crippen LogP contribution in [0.5, 0.6) is 5.75 Å². The van der Waals surface area contributed by atoms with E-state index in [1.807, 2.05) is 19.9 Å². The van der Waals surface area contributed by atoms with Gasteiger partial charge in [-0.1, -0.05) is 31.4 Å². The lowest BCUT2D eigenvalue weighted by atomic mass is 9.95. The predicted octanol–water partition coefficient (Wildman–Crippen LogP) is 2.91. The van der Waals surface area contributed by atoms with Crippen molar-refractivity contribution in [3.8, 4) is 5.75 Å². The summed E-state index contributed by atoms with van der Waals surface area (Å²) >= 11 is 0. The Balaban J connectivity index is 1.74. The van der Waals surface area contributed by atoms with Crippen molar-refractivity contribution in [1.82, 2.24) is 16.0 Å². The molecule has 0 heterocycles. The molecule has 0 aliphatic heterocycles. The number of amides is 1. The van der Waals surface area contributed by atoms with Crippen LogP contribution in [0.15, 0.2) is 23.2 Å². The second-order valence-corrected chi connectivity index (χ2v) is 7.66. The molecule has 1 aliphatic rings. The summed E-state index contributed by atoms with van der Waals surface area (Å²) in [6, 6.07) is 6.52. The molecule has 0 spiro atoms. The minimum absolute atomic E-state index is 0.105. The van der Waals surface area contributed by atoms with E-state index >= 15 is 0 Å². The molecule has 0 bridgehead atoms. The zero-order valence-electron chi connectivity index (χ0n) is 18.8. The summed E-state index contributed by atoms with van der Waals surface area (Å²) in [5.74, 6) is 1.62. The number of rotatable bonds is 11. The third-order valence-corrected chi connectivity index (χ3v) is 5.20. The molecule has 30 heavy (non-hydrogen) atoms. The normalized spacial score (nSPS) is 15.0. The Morgan fingerprint density at radius 3 is 2.70 bits per heavy atom. The van der Waals surface area contributed by atoms with Gasteiger partial charge in [0.05, 0.1) is 6.61 Å². The molecule has 1 aromatic carbocycles. The fraction of sp³-hybridized carbons (Fsp3) is 0.652. The van der Waals surface area contributed by atoms with Gasteiger partial charge in [0, 0.05) is 44.8 Å². The van der Waals surface area contributed by atoms with Crippen LogP contribution in [0.4, 0.5) is 0 Å². The molecule has 0 atom stereocenters. The van der Waals surface area contributed by atoms with Gasteiger partial charge in [0.1, 0.15) is 12.4 Å². The highest BCUT2D eigenvalue weighted by molar-refractivity contribution is 5.81. The van der Waals surface area contributed by atoms with Crippen molar-refractivity contribution >= 4 is 11.9 Å². The van der Waals surface area contributed by atoms with Gasteiger partial charge in [0.2, 0.25) is 5.91 Å². The number of benzene rings is 1. The van der Waals surface area contributed by atoms with Crippen molar-refractivity contribution < 1.29 is 14.3 Å². The van der Waals surface area contributed by atoms with Gasteiger partial charge in [-0.3, -0.25) is 9.79 Å². The molecule has 168 valence electrons. The quantitative estimate of drug-likeness (QED) is 0.292. The van der Waals surface area contributed by atoms with Gasteiger partial charge < -0.3 is 25.4 Å². The smallest absolute Gasteiger partial charge is 0.221 e. The fourth-order valence-corrected chi connectivity index (χ4v) is 3.54. The van der Waals surface area contributed by atoms with E-state index in [1.54, 1.807) is 7.05 Å². The molecule has 1 fully saturated rings. The largest absolute Gasteiger partial charge is 0.491 e. The molecule has 1 aliphatic carbocycles. The van der Waals surface area contributed by atoms with E-state index in [0.29, 0.717) is 51.3 Å². The first-order valence-electron chi connectivity index (χ1n) is 11.2. The van der Waals surface area contributed by atoms with Crippen molar-refractivity contribution in [1.29, 1.82) is 0 Å². The molecule has 0 saturated heterocycles. The Kier molecular flexibility index (Phi) is 11.1. The third kappa shape index (κ3) is 9.03. The number of aryl methyl sites for hydroxylation is 1. The molecule has 7 nitrogen and oxygen atoms in total. The van der Waals surface area contributed by atoms with E-state index in [9.17, 15) is 4.79 Å². The number of aliphatic imine (C=N–C) groups is 1. The highest BCUT2D eigenvalue weighted by atomic mass is 16.5. The van der Waals surface area contributed by atoms with Crippen LogP contribution in [-0.2, 0) is 16.1 Å². The van der Waals surface area contributed by atoms with E-state index in [0.717, 1.165) is 29.7 Å². The molecule has 1 aromatic rings. The fourth-order valence-electron chi connectivity index (χ4n) is 3.54. The van der Waals surface area contributed by atoms with Crippen LogP contribution < -0.4 is 20.7 Å². The molecular formula is C23H38N4O3. The zero-order valence-corrected chi connectivity index (χ0v) is 18.8. The highest BCUT2D eigenvalue weighted by Crippen LogP contribution is 2.20. The lowest BCUT2D eigenvalue weighted by molar-refractivity contribution is -0.121. The minimum Gasteiger partial charge on any atom is -0.491 e. The SMILES string of the molecule is CCOCCOc1cc(C)ccc1CNC(=NC)NCCC(=O)NC1CCCCC1. The van der Waals surface area contributed by atoms with Crippen LogP contribution in [0.25, 0.3) is 0 Å². The highest BCUT2D eigenvalue weighted by Gasteiger charge is 2.15. The van der Waals surface area contributed by atoms with Crippen LogP contribution in [0, 0.1) is 6.92 Å². The van der Waals surface area contributed by atoms with Crippen LogP contribution >= 0.6 is 0 Å². The zero-order chi connectivity index (χ0) is 21.6. The molecule has 0 radical (unpaired) electrons. The molecule has 0 unspecified atom stereocenters. The topological polar surface area (TPSA) is 84.0 Å². The lowest BCUT2D eigenvalue weighted by Gasteiger charge is -2.22. The predicted molar refractivity (Wildman–Crippen MR) is 121 cm³/mol. The van der Waals surface area contributed by atoms with E-state index in [-0.39, 0.29) is 5.91 Å². The molecule has 0 aromatic heterocycles. The summed E-state index contributed by atoms with van der Waals surface area (Å²) in [6.45, 7) is 6.93. The lowest BCUT2D eigenvalue weighted by Crippen LogP contribution is -2.41. The Morgan fingerprint density at radius 2 is 1.97 bits per heavy atom. The van der Waals surface area contributed by atoms with Gasteiger partial charge in [0.25, 0.3) is 0 Å². The number of nitrogens with one attached hydrogen (secondary N) is 3. The first-order valence-corrected chi connectivity index (χ1v) is 11.2. The average molecular weight is 419 g/mol. The maximum absolute atomic E-state index is 12.1. The van der Waals surface area contributed by atoms with Gasteiger partial charge in [-0.2, -0.15) is 0 Å². The van der Waals surface area contributed by atoms with E-state index in [2.05, 4.69) is 33.1 Å². The van der Waals surface area contributed by atoms with Gasteiger partial charge in [-0.05, 0) is 38.3 Å². The summed E-state index contributed by atoms with van der Waals surface area (Å²) in [6.07, 6.45) is 6.37. The Labute approximate surface area is 181 Å². The molecule has 3 N–H and O–H groups in total. The van der Waals surface area contributed by atoms with Crippen molar-refractivity contribution in [2.24, 2.45) is 4.99 Å². The van der Waals surface area contributed by atoms with Crippen LogP contribution in [0.2, 0.25) is 0 Å². The summed E-state index contributed by atoms with van der Waals surface area (Å²) in [4.78, 5) is 16.4. The van der Waals surface area contributed by atoms with E-state index in [1.165, 1.54) is 19.3 Å². The van der Waals surface area contributed by atoms with E-state index < -0.39 is 0 Å². The van der Waals surface area contributed by atoms with Crippen molar-refractivity contribution in [3.05, 3.63) is 29.3 Å². The number of nitrogens with zero attached hydrogens (tertiary/aromatic N) is 1. The third-order valence-electron chi connectivity index (χ3n) is 5.20. The molecule has 1 amide bonds. The molecule has 1 saturated carbocycles. The first-order chi connectivity index (χ1) is 14.6. The van der Waals surface area contributed by atoms with Crippen molar-refractivity contribution in [2.45, 2.75) is 65.0 Å². The van der Waals surface area contributed by atoms with Crippen molar-refractivity contribution in [2.75, 3.05) is 33.4 Å². The number of hydrogen-bond donors (Lipinski definition) is 3. The summed E-state index contributed by atoms with van der Waals surface area (Å²) in [5, 5.41) is 9.66. The van der Waals surface area contributed by atoms with Gasteiger partial charge >= 0.3 is 0 Å². The second-order valence-electron chi connectivity index (χ2n) is 7.66.